The maximum absolute atomic E-state index is 12.5. The number of aromatic nitrogens is 1. The summed E-state index contributed by atoms with van der Waals surface area (Å²) in [6, 6.07) is 1.72. The molecule has 0 N–H and O–H groups in total. The summed E-state index contributed by atoms with van der Waals surface area (Å²) >= 11 is 3.12. The Labute approximate surface area is 93.8 Å². The van der Waals surface area contributed by atoms with Gasteiger partial charge in [0.1, 0.15) is 17.5 Å². The minimum absolute atomic E-state index is 0.124. The van der Waals surface area contributed by atoms with Crippen LogP contribution < -0.4 is 4.74 Å². The van der Waals surface area contributed by atoms with Crippen LogP contribution in [-0.2, 0) is 5.33 Å². The molecule has 0 unspecified atom stereocenters. The van der Waals surface area contributed by atoms with E-state index < -0.39 is 12.1 Å². The zero-order valence-electron chi connectivity index (χ0n) is 7.80. The van der Waals surface area contributed by atoms with E-state index in [1.54, 1.807) is 6.07 Å². The average molecular weight is 277 g/mol. The van der Waals surface area contributed by atoms with Gasteiger partial charge in [-0.25, -0.2) is 13.8 Å². The minimum Gasteiger partial charge on any atom is -0.495 e. The zero-order valence-corrected chi connectivity index (χ0v) is 9.38. The highest BCUT2D eigenvalue weighted by Gasteiger charge is 2.20. The first-order valence-electron chi connectivity index (χ1n) is 3.95. The number of rotatable bonds is 3. The van der Waals surface area contributed by atoms with E-state index >= 15 is 0 Å². The molecule has 1 aromatic rings. The standard InChI is InChI=1S/C9H7BrF2N2O/c1-15-7-4-14-8(9(11)12)6(3-13)5(7)2-10/h4,9H,2H2,1H3. The average Bonchev–Trinajstić information content (AvgIpc) is 2.26. The number of nitriles is 1. The summed E-state index contributed by atoms with van der Waals surface area (Å²) in [6.45, 7) is 0. The third kappa shape index (κ3) is 2.23. The first kappa shape index (κ1) is 11.9. The molecule has 15 heavy (non-hydrogen) atoms. The molecule has 0 aliphatic heterocycles. The van der Waals surface area contributed by atoms with Crippen LogP contribution in [0.25, 0.3) is 0 Å². The van der Waals surface area contributed by atoms with Crippen molar-refractivity contribution in [3.8, 4) is 11.8 Å². The molecule has 0 aliphatic rings. The van der Waals surface area contributed by atoms with Crippen LogP contribution in [0.5, 0.6) is 5.75 Å². The van der Waals surface area contributed by atoms with Gasteiger partial charge in [-0.3, -0.25) is 0 Å². The summed E-state index contributed by atoms with van der Waals surface area (Å²) in [4.78, 5) is 3.51. The lowest BCUT2D eigenvalue weighted by Crippen LogP contribution is -2.02. The predicted octanol–water partition coefficient (Wildman–Crippen LogP) is 2.79. The van der Waals surface area contributed by atoms with Crippen molar-refractivity contribution in [3.63, 3.8) is 0 Å². The number of hydrogen-bond acceptors (Lipinski definition) is 3. The van der Waals surface area contributed by atoms with Crippen molar-refractivity contribution in [1.29, 1.82) is 5.26 Å². The SMILES string of the molecule is COc1cnc(C(F)F)c(C#N)c1CBr. The van der Waals surface area contributed by atoms with E-state index in [9.17, 15) is 8.78 Å². The number of alkyl halides is 3. The quantitative estimate of drug-likeness (QED) is 0.798. The summed E-state index contributed by atoms with van der Waals surface area (Å²) in [7, 11) is 1.40. The largest absolute Gasteiger partial charge is 0.495 e. The van der Waals surface area contributed by atoms with Crippen LogP contribution in [0.15, 0.2) is 6.20 Å². The second-order valence-electron chi connectivity index (χ2n) is 2.61. The van der Waals surface area contributed by atoms with Gasteiger partial charge in [0.25, 0.3) is 6.43 Å². The van der Waals surface area contributed by atoms with Gasteiger partial charge < -0.3 is 4.74 Å². The van der Waals surface area contributed by atoms with Crippen LogP contribution in [0.3, 0.4) is 0 Å². The van der Waals surface area contributed by atoms with E-state index in [4.69, 9.17) is 10.00 Å². The van der Waals surface area contributed by atoms with Crippen LogP contribution in [0.4, 0.5) is 8.78 Å². The Bertz CT molecular complexity index is 404. The van der Waals surface area contributed by atoms with Crippen LogP contribution in [0.1, 0.15) is 23.2 Å². The molecule has 1 heterocycles. The van der Waals surface area contributed by atoms with Crippen LogP contribution in [0, 0.1) is 11.3 Å². The minimum atomic E-state index is -2.76. The molecule has 0 aromatic carbocycles. The van der Waals surface area contributed by atoms with Crippen LogP contribution in [-0.4, -0.2) is 12.1 Å². The summed E-state index contributed by atoms with van der Waals surface area (Å²) in [5.41, 5.74) is -0.237. The van der Waals surface area contributed by atoms with Gasteiger partial charge in [-0.15, -0.1) is 0 Å². The Morgan fingerprint density at radius 1 is 1.67 bits per heavy atom. The van der Waals surface area contributed by atoms with Gasteiger partial charge in [0.2, 0.25) is 0 Å². The normalized spacial score (nSPS) is 10.1. The predicted molar refractivity (Wildman–Crippen MR) is 53.1 cm³/mol. The fraction of sp³-hybridized carbons (Fsp3) is 0.333. The van der Waals surface area contributed by atoms with Crippen LogP contribution in [0.2, 0.25) is 0 Å². The zero-order chi connectivity index (χ0) is 11.4. The van der Waals surface area contributed by atoms with Crippen molar-refractivity contribution in [3.05, 3.63) is 23.0 Å². The van der Waals surface area contributed by atoms with Crippen molar-refractivity contribution in [2.75, 3.05) is 7.11 Å². The molecule has 0 radical (unpaired) electrons. The third-order valence-corrected chi connectivity index (χ3v) is 2.41. The molecule has 0 saturated heterocycles. The smallest absolute Gasteiger partial charge is 0.281 e. The number of hydrogen-bond donors (Lipinski definition) is 0. The summed E-state index contributed by atoms with van der Waals surface area (Å²) in [5.74, 6) is 0.327. The van der Waals surface area contributed by atoms with E-state index in [0.717, 1.165) is 0 Å². The van der Waals surface area contributed by atoms with Crippen molar-refractivity contribution < 1.29 is 13.5 Å². The molecule has 0 aliphatic carbocycles. The topological polar surface area (TPSA) is 45.9 Å². The number of halogens is 3. The van der Waals surface area contributed by atoms with Crippen LogP contribution >= 0.6 is 15.9 Å². The highest BCUT2D eigenvalue weighted by atomic mass is 79.9. The molecular formula is C9H7BrF2N2O. The lowest BCUT2D eigenvalue weighted by molar-refractivity contribution is 0.145. The number of methoxy groups -OCH3 is 1. The molecular weight excluding hydrogens is 270 g/mol. The lowest BCUT2D eigenvalue weighted by Gasteiger charge is -2.10. The van der Waals surface area contributed by atoms with E-state index in [2.05, 4.69) is 20.9 Å². The maximum Gasteiger partial charge on any atom is 0.281 e. The first-order chi connectivity index (χ1) is 7.15. The molecule has 3 nitrogen and oxygen atoms in total. The fourth-order valence-corrected chi connectivity index (χ4v) is 1.70. The van der Waals surface area contributed by atoms with Crippen molar-refractivity contribution in [2.45, 2.75) is 11.8 Å². The molecule has 1 rings (SSSR count). The molecule has 0 saturated carbocycles. The summed E-state index contributed by atoms with van der Waals surface area (Å²) < 4.78 is 29.9. The molecule has 0 bridgehead atoms. The molecule has 80 valence electrons. The Hall–Kier alpha value is -1.22. The second kappa shape index (κ2) is 5.03. The van der Waals surface area contributed by atoms with E-state index in [1.807, 2.05) is 0 Å². The van der Waals surface area contributed by atoms with Gasteiger partial charge in [0, 0.05) is 10.9 Å². The lowest BCUT2D eigenvalue weighted by atomic mass is 10.1. The van der Waals surface area contributed by atoms with Crippen molar-refractivity contribution in [1.82, 2.24) is 4.98 Å². The number of pyridine rings is 1. The van der Waals surface area contributed by atoms with Gasteiger partial charge in [-0.05, 0) is 0 Å². The van der Waals surface area contributed by atoms with Gasteiger partial charge >= 0.3 is 0 Å². The fourth-order valence-electron chi connectivity index (χ4n) is 1.15. The number of nitrogens with zero attached hydrogens (tertiary/aromatic N) is 2. The number of ether oxygens (including phenoxy) is 1. The molecule has 1 aromatic heterocycles. The highest BCUT2D eigenvalue weighted by Crippen LogP contribution is 2.30. The van der Waals surface area contributed by atoms with Crippen molar-refractivity contribution in [2.24, 2.45) is 0 Å². The summed E-state index contributed by atoms with van der Waals surface area (Å²) in [6.07, 6.45) is -1.57. The molecule has 6 heteroatoms. The molecule has 0 amide bonds. The Balaban J connectivity index is 3.43. The Morgan fingerprint density at radius 2 is 2.33 bits per heavy atom. The van der Waals surface area contributed by atoms with Crippen molar-refractivity contribution >= 4 is 15.9 Å². The van der Waals surface area contributed by atoms with E-state index in [-0.39, 0.29) is 10.9 Å². The Kier molecular flexibility index (Phi) is 3.97. The van der Waals surface area contributed by atoms with E-state index in [0.29, 0.717) is 11.3 Å². The highest BCUT2D eigenvalue weighted by molar-refractivity contribution is 9.08. The summed E-state index contributed by atoms with van der Waals surface area (Å²) in [5, 5.41) is 9.06. The maximum atomic E-state index is 12.5. The third-order valence-electron chi connectivity index (χ3n) is 1.85. The monoisotopic (exact) mass is 276 g/mol. The van der Waals surface area contributed by atoms with Gasteiger partial charge in [0.15, 0.2) is 0 Å². The van der Waals surface area contributed by atoms with E-state index in [1.165, 1.54) is 13.3 Å². The molecule has 0 spiro atoms. The molecule has 0 atom stereocenters. The second-order valence-corrected chi connectivity index (χ2v) is 3.17. The first-order valence-corrected chi connectivity index (χ1v) is 5.07. The van der Waals surface area contributed by atoms with Gasteiger partial charge in [0.05, 0.1) is 18.9 Å². The van der Waals surface area contributed by atoms with Gasteiger partial charge in [-0.2, -0.15) is 5.26 Å². The van der Waals surface area contributed by atoms with Gasteiger partial charge in [-0.1, -0.05) is 15.9 Å². The molecule has 0 fully saturated rings. The Morgan fingerprint density at radius 3 is 2.73 bits per heavy atom.